The molecule has 0 spiro atoms. The van der Waals surface area contributed by atoms with E-state index in [2.05, 4.69) is 10.5 Å². The molecule has 3 aromatic rings. The van der Waals surface area contributed by atoms with Crippen LogP contribution in [0.2, 0.25) is 0 Å². The Hall–Kier alpha value is -4.14. The number of nitrogens with two attached hydrogens (primary N) is 2. The zero-order chi connectivity index (χ0) is 21.7. The maximum absolute atomic E-state index is 13.0. The van der Waals surface area contributed by atoms with Crippen molar-refractivity contribution in [3.05, 3.63) is 87.2 Å². The number of hydrogen-bond acceptors (Lipinski definition) is 5. The second-order valence-electron chi connectivity index (χ2n) is 6.31. The number of rotatable bonds is 7. The molecule has 1 heterocycles. The van der Waals surface area contributed by atoms with Gasteiger partial charge in [0.1, 0.15) is 17.1 Å². The van der Waals surface area contributed by atoms with Crippen molar-refractivity contribution in [2.75, 3.05) is 12.8 Å². The average molecular weight is 411 g/mol. The molecule has 0 fully saturated rings. The van der Waals surface area contributed by atoms with Crippen molar-refractivity contribution in [1.82, 2.24) is 10.5 Å². The van der Waals surface area contributed by atoms with Crippen molar-refractivity contribution < 1.29 is 23.9 Å². The fraction of sp³-hybridized carbons (Fsp3) is 0.0952. The highest BCUT2D eigenvalue weighted by Crippen LogP contribution is 2.29. The first-order valence-corrected chi connectivity index (χ1v) is 8.87. The van der Waals surface area contributed by atoms with Crippen molar-refractivity contribution in [3.63, 3.8) is 0 Å². The molecular formula is C21H20FN4O4+. The highest BCUT2D eigenvalue weighted by molar-refractivity contribution is 6.14. The number of ether oxygens (including phenoxy) is 1. The van der Waals surface area contributed by atoms with Crippen LogP contribution in [0.5, 0.6) is 5.75 Å². The van der Waals surface area contributed by atoms with E-state index in [-0.39, 0.29) is 35.1 Å². The molecule has 154 valence electrons. The number of nitrogen functional groups attached to an aromatic ring is 1. The molecule has 0 aliphatic carbocycles. The van der Waals surface area contributed by atoms with Crippen LogP contribution >= 0.6 is 0 Å². The molecule has 0 aliphatic heterocycles. The SMILES string of the molecule is COc1c(C(=O)NCc2cc(=O)[nH]o2)ccc(N)c1C(=[NH2+])/C=C/c1ccc(F)cc1. The van der Waals surface area contributed by atoms with Gasteiger partial charge in [-0.05, 0) is 35.9 Å². The molecule has 8 nitrogen and oxygen atoms in total. The summed E-state index contributed by atoms with van der Waals surface area (Å²) in [6.45, 7) is 0.00407. The van der Waals surface area contributed by atoms with E-state index in [1.54, 1.807) is 30.4 Å². The van der Waals surface area contributed by atoms with Crippen LogP contribution in [-0.4, -0.2) is 23.9 Å². The maximum atomic E-state index is 13.0. The monoisotopic (exact) mass is 411 g/mol. The molecule has 0 aliphatic rings. The summed E-state index contributed by atoms with van der Waals surface area (Å²) >= 11 is 0. The van der Waals surface area contributed by atoms with Crippen LogP contribution in [0.1, 0.15) is 27.2 Å². The molecule has 0 unspecified atom stereocenters. The standard InChI is InChI=1S/C21H19FN4O4/c1-29-20-15(21(28)25-11-14-10-18(27)26-30-14)7-9-17(24)19(20)16(23)8-4-12-2-5-13(22)6-3-12/h2-10,23H,11,24H2,1H3,(H,25,28)(H,26,27)/p+1/b8-4+,23-16?. The number of nitrogens with one attached hydrogen (secondary N) is 2. The van der Waals surface area contributed by atoms with Crippen molar-refractivity contribution in [2.45, 2.75) is 6.54 Å². The number of anilines is 1. The fourth-order valence-electron chi connectivity index (χ4n) is 2.80. The molecule has 6 N–H and O–H groups in total. The third kappa shape index (κ3) is 4.64. The van der Waals surface area contributed by atoms with Crippen LogP contribution < -0.4 is 26.8 Å². The summed E-state index contributed by atoms with van der Waals surface area (Å²) in [5, 5.41) is 11.0. The molecular weight excluding hydrogens is 391 g/mol. The van der Waals surface area contributed by atoms with Crippen molar-refractivity contribution in [2.24, 2.45) is 0 Å². The van der Waals surface area contributed by atoms with E-state index in [4.69, 9.17) is 20.4 Å². The third-order valence-electron chi connectivity index (χ3n) is 4.25. The first-order valence-electron chi connectivity index (χ1n) is 8.87. The first-order chi connectivity index (χ1) is 14.4. The Kier molecular flexibility index (Phi) is 6.11. The number of carbonyl (C=O) groups is 1. The summed E-state index contributed by atoms with van der Waals surface area (Å²) in [7, 11) is 1.40. The Morgan fingerprint density at radius 1 is 1.30 bits per heavy atom. The molecule has 1 aromatic heterocycles. The van der Waals surface area contributed by atoms with Gasteiger partial charge in [0.2, 0.25) is 5.71 Å². The second kappa shape index (κ2) is 8.91. The molecule has 30 heavy (non-hydrogen) atoms. The summed E-state index contributed by atoms with van der Waals surface area (Å²) in [5.41, 5.74) is 7.56. The van der Waals surface area contributed by atoms with Crippen LogP contribution in [0.15, 0.2) is 57.9 Å². The predicted molar refractivity (Wildman–Crippen MR) is 109 cm³/mol. The van der Waals surface area contributed by atoms with E-state index in [9.17, 15) is 14.0 Å². The Morgan fingerprint density at radius 3 is 2.67 bits per heavy atom. The van der Waals surface area contributed by atoms with Crippen LogP contribution in [-0.2, 0) is 6.54 Å². The number of aromatic amines is 1. The summed E-state index contributed by atoms with van der Waals surface area (Å²) in [5.74, 6) is -0.333. The summed E-state index contributed by atoms with van der Waals surface area (Å²) < 4.78 is 23.4. The van der Waals surface area contributed by atoms with Crippen LogP contribution in [0.4, 0.5) is 10.1 Å². The number of amides is 1. The quantitative estimate of drug-likeness (QED) is 0.338. The van der Waals surface area contributed by atoms with E-state index in [0.29, 0.717) is 11.3 Å². The van der Waals surface area contributed by atoms with Gasteiger partial charge in [-0.15, -0.1) is 0 Å². The van der Waals surface area contributed by atoms with Gasteiger partial charge in [0.25, 0.3) is 11.5 Å². The highest BCUT2D eigenvalue weighted by atomic mass is 19.1. The summed E-state index contributed by atoms with van der Waals surface area (Å²) in [6.07, 6.45) is 3.28. The lowest BCUT2D eigenvalue weighted by Crippen LogP contribution is -2.40. The number of hydrogen-bond donors (Lipinski definition) is 4. The number of H-pyrrole nitrogens is 1. The number of aromatic nitrogens is 1. The van der Waals surface area contributed by atoms with Crippen LogP contribution in [0, 0.1) is 5.82 Å². The van der Waals surface area contributed by atoms with E-state index >= 15 is 0 Å². The first kappa shape index (κ1) is 20.6. The molecule has 2 aromatic carbocycles. The molecule has 0 atom stereocenters. The minimum Gasteiger partial charge on any atom is -0.495 e. The van der Waals surface area contributed by atoms with Gasteiger partial charge in [-0.1, -0.05) is 12.1 Å². The predicted octanol–water partition coefficient (Wildman–Crippen LogP) is 0.889. The number of allylic oxidation sites excluding steroid dienone is 1. The lowest BCUT2D eigenvalue weighted by molar-refractivity contribution is -0.111. The van der Waals surface area contributed by atoms with E-state index in [1.165, 1.54) is 31.4 Å². The van der Waals surface area contributed by atoms with Gasteiger partial charge in [0.15, 0.2) is 5.76 Å². The van der Waals surface area contributed by atoms with Crippen molar-refractivity contribution in [3.8, 4) is 5.75 Å². The van der Waals surface area contributed by atoms with E-state index < -0.39 is 11.5 Å². The van der Waals surface area contributed by atoms with Crippen LogP contribution in [0.3, 0.4) is 0 Å². The average Bonchev–Trinajstić information content (AvgIpc) is 3.16. The lowest BCUT2D eigenvalue weighted by atomic mass is 10.0. The highest BCUT2D eigenvalue weighted by Gasteiger charge is 2.22. The molecule has 3 rings (SSSR count). The van der Waals surface area contributed by atoms with Gasteiger partial charge < -0.3 is 20.3 Å². The topological polar surface area (TPSA) is 136 Å². The van der Waals surface area contributed by atoms with E-state index in [1.807, 2.05) is 0 Å². The second-order valence-corrected chi connectivity index (χ2v) is 6.31. The summed E-state index contributed by atoms with van der Waals surface area (Å²) in [4.78, 5) is 23.7. The van der Waals surface area contributed by atoms with Crippen molar-refractivity contribution in [1.29, 1.82) is 0 Å². The molecule has 0 radical (unpaired) electrons. The minimum absolute atomic E-state index is 0.00407. The smallest absolute Gasteiger partial charge is 0.280 e. The normalized spacial score (nSPS) is 10.9. The van der Waals surface area contributed by atoms with Crippen LogP contribution in [0.25, 0.3) is 6.08 Å². The summed E-state index contributed by atoms with van der Waals surface area (Å²) in [6, 6.07) is 10.2. The molecule has 1 amide bonds. The molecule has 0 saturated heterocycles. The molecule has 0 saturated carbocycles. The van der Waals surface area contributed by atoms with E-state index in [0.717, 1.165) is 5.56 Å². The largest absolute Gasteiger partial charge is 0.495 e. The van der Waals surface area contributed by atoms with Gasteiger partial charge in [-0.25, -0.2) is 4.39 Å². The fourth-order valence-corrected chi connectivity index (χ4v) is 2.80. The zero-order valence-electron chi connectivity index (χ0n) is 16.1. The van der Waals surface area contributed by atoms with Gasteiger partial charge in [0.05, 0.1) is 19.2 Å². The van der Waals surface area contributed by atoms with Gasteiger partial charge in [0, 0.05) is 17.8 Å². The number of methoxy groups -OCH3 is 1. The third-order valence-corrected chi connectivity index (χ3v) is 4.25. The Balaban J connectivity index is 1.85. The number of halogens is 1. The number of carbonyl (C=O) groups excluding carboxylic acids is 1. The molecule has 9 heteroatoms. The molecule has 0 bridgehead atoms. The van der Waals surface area contributed by atoms with Gasteiger partial charge in [-0.3, -0.25) is 15.0 Å². The Morgan fingerprint density at radius 2 is 2.03 bits per heavy atom. The maximum Gasteiger partial charge on any atom is 0.280 e. The van der Waals surface area contributed by atoms with Crippen molar-refractivity contribution >= 4 is 23.4 Å². The Labute approximate surface area is 170 Å². The lowest BCUT2D eigenvalue weighted by Gasteiger charge is -2.13. The minimum atomic E-state index is -0.465. The van der Waals surface area contributed by atoms with Gasteiger partial charge in [-0.2, -0.15) is 5.16 Å². The number of benzene rings is 2. The zero-order valence-corrected chi connectivity index (χ0v) is 16.1. The van der Waals surface area contributed by atoms with Gasteiger partial charge >= 0.3 is 0 Å². The Bertz CT molecular complexity index is 1160.